The predicted octanol–water partition coefficient (Wildman–Crippen LogP) is 4.11. The normalized spacial score (nSPS) is 13.8. The molecule has 0 amide bonds. The molecule has 0 saturated heterocycles. The van der Waals surface area contributed by atoms with Crippen LogP contribution in [0.2, 0.25) is 0 Å². The van der Waals surface area contributed by atoms with Crippen molar-refractivity contribution in [1.29, 1.82) is 0 Å². The van der Waals surface area contributed by atoms with E-state index in [1.165, 1.54) is 0 Å². The molecule has 21 heavy (non-hydrogen) atoms. The van der Waals surface area contributed by atoms with Crippen LogP contribution in [0.3, 0.4) is 0 Å². The number of ether oxygens (including phenoxy) is 2. The minimum absolute atomic E-state index is 0.00894. The van der Waals surface area contributed by atoms with Gasteiger partial charge in [-0.05, 0) is 31.1 Å². The lowest BCUT2D eigenvalue weighted by molar-refractivity contribution is -0.152. The quantitative estimate of drug-likeness (QED) is 0.539. The van der Waals surface area contributed by atoms with E-state index in [2.05, 4.69) is 13.8 Å². The van der Waals surface area contributed by atoms with Gasteiger partial charge in [0.1, 0.15) is 6.10 Å². The Morgan fingerprint density at radius 3 is 2.14 bits per heavy atom. The lowest BCUT2D eigenvalue weighted by atomic mass is 9.97. The van der Waals surface area contributed by atoms with E-state index in [1.807, 2.05) is 20.8 Å². The number of carbonyl (C=O) groups excluding carboxylic acids is 2. The number of hydrogen-bond donors (Lipinski definition) is 0. The molecule has 0 saturated carbocycles. The summed E-state index contributed by atoms with van der Waals surface area (Å²) in [4.78, 5) is 23.2. The molecular weight excluding hydrogens is 268 g/mol. The molecule has 4 nitrogen and oxygen atoms in total. The minimum Gasteiger partial charge on any atom is -0.465 e. The number of hydrogen-bond acceptors (Lipinski definition) is 4. The van der Waals surface area contributed by atoms with Gasteiger partial charge in [-0.2, -0.15) is 0 Å². The molecule has 0 aromatic heterocycles. The minimum atomic E-state index is -0.233. The molecule has 0 fully saturated rings. The van der Waals surface area contributed by atoms with Gasteiger partial charge in [0.15, 0.2) is 0 Å². The lowest BCUT2D eigenvalue weighted by Gasteiger charge is -2.22. The molecule has 2 unspecified atom stereocenters. The van der Waals surface area contributed by atoms with Crippen LogP contribution in [0.1, 0.15) is 73.1 Å². The van der Waals surface area contributed by atoms with Crippen molar-refractivity contribution < 1.29 is 19.1 Å². The van der Waals surface area contributed by atoms with Gasteiger partial charge in [-0.3, -0.25) is 9.59 Å². The zero-order valence-electron chi connectivity index (χ0n) is 14.3. The zero-order chi connectivity index (χ0) is 16.3. The maximum atomic E-state index is 11.8. The molecule has 0 aliphatic rings. The lowest BCUT2D eigenvalue weighted by Crippen LogP contribution is -2.24. The Morgan fingerprint density at radius 1 is 1.00 bits per heavy atom. The fraction of sp³-hybridized carbons (Fsp3) is 0.882. The highest BCUT2D eigenvalue weighted by Crippen LogP contribution is 2.17. The summed E-state index contributed by atoms with van der Waals surface area (Å²) in [5, 5.41) is 0. The van der Waals surface area contributed by atoms with Gasteiger partial charge in [-0.15, -0.1) is 0 Å². The monoisotopic (exact) mass is 300 g/mol. The molecule has 0 bridgehead atoms. The highest BCUT2D eigenvalue weighted by Gasteiger charge is 2.19. The molecule has 0 rings (SSSR count). The van der Waals surface area contributed by atoms with Crippen LogP contribution in [-0.2, 0) is 19.1 Å². The van der Waals surface area contributed by atoms with E-state index >= 15 is 0 Å². The summed E-state index contributed by atoms with van der Waals surface area (Å²) in [5.74, 6) is 0.286. The molecule has 0 aromatic carbocycles. The van der Waals surface area contributed by atoms with Crippen molar-refractivity contribution >= 4 is 11.9 Å². The van der Waals surface area contributed by atoms with Crippen LogP contribution < -0.4 is 0 Å². The second-order valence-corrected chi connectivity index (χ2v) is 6.13. The fourth-order valence-electron chi connectivity index (χ4n) is 2.18. The van der Waals surface area contributed by atoms with Crippen LogP contribution in [0.15, 0.2) is 0 Å². The topological polar surface area (TPSA) is 52.6 Å². The summed E-state index contributed by atoms with van der Waals surface area (Å²) in [6, 6.07) is 0. The molecule has 0 aromatic rings. The molecule has 124 valence electrons. The second kappa shape index (κ2) is 11.6. The van der Waals surface area contributed by atoms with Crippen LogP contribution in [0.5, 0.6) is 0 Å². The van der Waals surface area contributed by atoms with Crippen molar-refractivity contribution in [2.24, 2.45) is 11.8 Å². The smallest absolute Gasteiger partial charge is 0.306 e. The summed E-state index contributed by atoms with van der Waals surface area (Å²) in [7, 11) is 0. The Bertz CT molecular complexity index is 299. The van der Waals surface area contributed by atoms with Crippen molar-refractivity contribution in [2.75, 3.05) is 6.61 Å². The van der Waals surface area contributed by atoms with E-state index in [0.717, 1.165) is 19.3 Å². The zero-order valence-corrected chi connectivity index (χ0v) is 14.3. The highest BCUT2D eigenvalue weighted by atomic mass is 16.5. The van der Waals surface area contributed by atoms with E-state index in [9.17, 15) is 9.59 Å². The van der Waals surface area contributed by atoms with Crippen molar-refractivity contribution in [3.8, 4) is 0 Å². The summed E-state index contributed by atoms with van der Waals surface area (Å²) in [6.07, 6.45) is 4.04. The summed E-state index contributed by atoms with van der Waals surface area (Å²) >= 11 is 0. The van der Waals surface area contributed by atoms with Gasteiger partial charge in [0, 0.05) is 12.8 Å². The first-order valence-corrected chi connectivity index (χ1v) is 8.25. The number of esters is 2. The van der Waals surface area contributed by atoms with Gasteiger partial charge in [0.2, 0.25) is 0 Å². The summed E-state index contributed by atoms with van der Waals surface area (Å²) < 4.78 is 10.6. The standard InChI is InChI=1S/C17H32O4/c1-6-9-14(5)15(7-2)21-17(19)11-8-10-16(18)20-12-13(3)4/h13-15H,6-12H2,1-5H3. The summed E-state index contributed by atoms with van der Waals surface area (Å²) in [6.45, 7) is 10.7. The van der Waals surface area contributed by atoms with Gasteiger partial charge < -0.3 is 9.47 Å². The SMILES string of the molecule is CCCC(C)C(CC)OC(=O)CCCC(=O)OCC(C)C. The van der Waals surface area contributed by atoms with Gasteiger partial charge >= 0.3 is 11.9 Å². The van der Waals surface area contributed by atoms with Gasteiger partial charge in [0.05, 0.1) is 6.61 Å². The molecular formula is C17H32O4. The third-order valence-electron chi connectivity index (χ3n) is 3.40. The van der Waals surface area contributed by atoms with E-state index in [-0.39, 0.29) is 30.9 Å². The van der Waals surface area contributed by atoms with Crippen molar-refractivity contribution in [2.45, 2.75) is 79.2 Å². The molecule has 0 spiro atoms. The first kappa shape index (κ1) is 19.9. The molecule has 2 atom stereocenters. The van der Waals surface area contributed by atoms with Crippen LogP contribution in [-0.4, -0.2) is 24.6 Å². The Morgan fingerprint density at radius 2 is 1.62 bits per heavy atom. The summed E-state index contributed by atoms with van der Waals surface area (Å²) in [5.41, 5.74) is 0. The highest BCUT2D eigenvalue weighted by molar-refractivity contribution is 5.72. The van der Waals surface area contributed by atoms with Gasteiger partial charge in [-0.1, -0.05) is 41.0 Å². The first-order chi connectivity index (χ1) is 9.90. The van der Waals surface area contributed by atoms with E-state index < -0.39 is 0 Å². The molecule has 0 radical (unpaired) electrons. The van der Waals surface area contributed by atoms with Gasteiger partial charge in [0.25, 0.3) is 0 Å². The van der Waals surface area contributed by atoms with Crippen molar-refractivity contribution in [1.82, 2.24) is 0 Å². The molecule has 0 heterocycles. The average Bonchev–Trinajstić information content (AvgIpc) is 2.42. The van der Waals surface area contributed by atoms with Crippen LogP contribution in [0.25, 0.3) is 0 Å². The number of carbonyl (C=O) groups is 2. The van der Waals surface area contributed by atoms with Crippen molar-refractivity contribution in [3.05, 3.63) is 0 Å². The number of rotatable bonds is 11. The Labute approximate surface area is 129 Å². The fourth-order valence-corrected chi connectivity index (χ4v) is 2.18. The van der Waals surface area contributed by atoms with Gasteiger partial charge in [-0.25, -0.2) is 0 Å². The largest absolute Gasteiger partial charge is 0.465 e. The Kier molecular flexibility index (Phi) is 11.0. The Balaban J connectivity index is 3.90. The maximum Gasteiger partial charge on any atom is 0.306 e. The van der Waals surface area contributed by atoms with E-state index in [1.54, 1.807) is 0 Å². The first-order valence-electron chi connectivity index (χ1n) is 8.25. The van der Waals surface area contributed by atoms with Crippen molar-refractivity contribution in [3.63, 3.8) is 0 Å². The third kappa shape index (κ3) is 10.3. The molecule has 0 aliphatic carbocycles. The van der Waals surface area contributed by atoms with E-state index in [0.29, 0.717) is 24.9 Å². The molecule has 0 N–H and O–H groups in total. The van der Waals surface area contributed by atoms with E-state index in [4.69, 9.17) is 9.47 Å². The van der Waals surface area contributed by atoms with Crippen LogP contribution in [0.4, 0.5) is 0 Å². The molecule has 4 heteroatoms. The van der Waals surface area contributed by atoms with Crippen LogP contribution >= 0.6 is 0 Å². The van der Waals surface area contributed by atoms with Crippen LogP contribution in [0, 0.1) is 11.8 Å². The maximum absolute atomic E-state index is 11.8. The average molecular weight is 300 g/mol. The predicted molar refractivity (Wildman–Crippen MR) is 83.9 cm³/mol. The third-order valence-corrected chi connectivity index (χ3v) is 3.40. The molecule has 0 aliphatic heterocycles. The second-order valence-electron chi connectivity index (χ2n) is 6.13. The Hall–Kier alpha value is -1.06.